The molecule has 1 amide bonds. The van der Waals surface area contributed by atoms with Crippen LogP contribution >= 0.6 is 15.9 Å². The van der Waals surface area contributed by atoms with E-state index in [4.69, 9.17) is 10.00 Å². The van der Waals surface area contributed by atoms with Crippen LogP contribution in [-0.4, -0.2) is 5.91 Å². The predicted molar refractivity (Wildman–Crippen MR) is 114 cm³/mol. The molecule has 0 fully saturated rings. The van der Waals surface area contributed by atoms with Gasteiger partial charge in [0.2, 0.25) is 5.91 Å². The number of ether oxygens (including phenoxy) is 1. The summed E-state index contributed by atoms with van der Waals surface area (Å²) in [5.74, 6) is 0.530. The topological polar surface area (TPSA) is 62.1 Å². The van der Waals surface area contributed by atoms with Gasteiger partial charge in [0.15, 0.2) is 0 Å². The highest BCUT2D eigenvalue weighted by molar-refractivity contribution is 9.10. The van der Waals surface area contributed by atoms with Crippen molar-refractivity contribution in [2.75, 3.05) is 5.32 Å². The Morgan fingerprint density at radius 3 is 2.32 bits per heavy atom. The Bertz CT molecular complexity index is 1000. The number of hydrogen-bond acceptors (Lipinski definition) is 3. The summed E-state index contributed by atoms with van der Waals surface area (Å²) in [7, 11) is 0. The van der Waals surface area contributed by atoms with Gasteiger partial charge < -0.3 is 10.1 Å². The second-order valence-electron chi connectivity index (χ2n) is 6.00. The second-order valence-corrected chi connectivity index (χ2v) is 6.91. The first-order chi connectivity index (χ1) is 13.6. The molecule has 28 heavy (non-hydrogen) atoms. The van der Waals surface area contributed by atoms with Gasteiger partial charge in [-0.2, -0.15) is 5.26 Å². The van der Waals surface area contributed by atoms with Crippen LogP contribution in [0.2, 0.25) is 0 Å². The minimum absolute atomic E-state index is 0.236. The minimum Gasteiger partial charge on any atom is -0.489 e. The Hall–Kier alpha value is -3.36. The highest BCUT2D eigenvalue weighted by Crippen LogP contribution is 2.17. The highest BCUT2D eigenvalue weighted by Gasteiger charge is 2.00. The van der Waals surface area contributed by atoms with Gasteiger partial charge in [0.05, 0.1) is 11.6 Å². The van der Waals surface area contributed by atoms with Crippen LogP contribution < -0.4 is 10.1 Å². The SMILES string of the molecule is N#Cc1ccc(NC(=O)/C=C/c2ccc(OCc3ccc(Br)cc3)cc2)cc1. The van der Waals surface area contributed by atoms with E-state index in [1.165, 1.54) is 6.08 Å². The van der Waals surface area contributed by atoms with E-state index in [0.717, 1.165) is 21.3 Å². The minimum atomic E-state index is -0.236. The third-order valence-electron chi connectivity index (χ3n) is 3.91. The van der Waals surface area contributed by atoms with E-state index in [9.17, 15) is 4.79 Å². The summed E-state index contributed by atoms with van der Waals surface area (Å²) >= 11 is 3.41. The molecule has 0 aromatic heterocycles. The molecule has 0 aliphatic heterocycles. The van der Waals surface area contributed by atoms with E-state index in [0.29, 0.717) is 17.9 Å². The van der Waals surface area contributed by atoms with Crippen molar-refractivity contribution < 1.29 is 9.53 Å². The Balaban J connectivity index is 1.51. The van der Waals surface area contributed by atoms with Crippen LogP contribution in [0.1, 0.15) is 16.7 Å². The van der Waals surface area contributed by atoms with Gasteiger partial charge in [-0.05, 0) is 65.7 Å². The third kappa shape index (κ3) is 5.83. The fourth-order valence-corrected chi connectivity index (χ4v) is 2.67. The molecule has 138 valence electrons. The number of nitrogens with one attached hydrogen (secondary N) is 1. The zero-order chi connectivity index (χ0) is 19.8. The highest BCUT2D eigenvalue weighted by atomic mass is 79.9. The molecule has 0 saturated heterocycles. The number of carbonyl (C=O) groups excluding carboxylic acids is 1. The molecule has 3 aromatic rings. The zero-order valence-electron chi connectivity index (χ0n) is 14.9. The number of rotatable bonds is 6. The van der Waals surface area contributed by atoms with Crippen molar-refractivity contribution in [1.82, 2.24) is 0 Å². The number of anilines is 1. The third-order valence-corrected chi connectivity index (χ3v) is 4.44. The lowest BCUT2D eigenvalue weighted by Gasteiger charge is -2.06. The second kappa shape index (κ2) is 9.54. The maximum atomic E-state index is 12.0. The van der Waals surface area contributed by atoms with Crippen molar-refractivity contribution in [3.05, 3.63) is 100 Å². The molecule has 3 aromatic carbocycles. The Morgan fingerprint density at radius 1 is 1.00 bits per heavy atom. The number of nitrogens with zero attached hydrogens (tertiary/aromatic N) is 1. The van der Waals surface area contributed by atoms with Crippen LogP contribution in [0.15, 0.2) is 83.3 Å². The predicted octanol–water partition coefficient (Wildman–Crippen LogP) is 5.55. The molecular weight excluding hydrogens is 416 g/mol. The van der Waals surface area contributed by atoms with Crippen molar-refractivity contribution in [3.63, 3.8) is 0 Å². The first-order valence-electron chi connectivity index (χ1n) is 8.59. The van der Waals surface area contributed by atoms with Gasteiger partial charge in [-0.15, -0.1) is 0 Å². The summed E-state index contributed by atoms with van der Waals surface area (Å²) in [6.07, 6.45) is 3.20. The molecule has 0 atom stereocenters. The quantitative estimate of drug-likeness (QED) is 0.519. The van der Waals surface area contributed by atoms with Crippen LogP contribution in [0.4, 0.5) is 5.69 Å². The molecule has 3 rings (SSSR count). The fourth-order valence-electron chi connectivity index (χ4n) is 2.41. The van der Waals surface area contributed by atoms with Crippen LogP contribution in [0, 0.1) is 11.3 Å². The number of amides is 1. The normalized spacial score (nSPS) is 10.4. The molecular formula is C23H17BrN2O2. The van der Waals surface area contributed by atoms with Gasteiger partial charge in [0.1, 0.15) is 12.4 Å². The maximum absolute atomic E-state index is 12.0. The molecule has 0 saturated carbocycles. The monoisotopic (exact) mass is 432 g/mol. The Labute approximate surface area is 172 Å². The van der Waals surface area contributed by atoms with Crippen LogP contribution in [-0.2, 0) is 11.4 Å². The van der Waals surface area contributed by atoms with Gasteiger partial charge in [0.25, 0.3) is 0 Å². The summed E-state index contributed by atoms with van der Waals surface area (Å²) in [5, 5.41) is 11.5. The summed E-state index contributed by atoms with van der Waals surface area (Å²) in [4.78, 5) is 12.0. The lowest BCUT2D eigenvalue weighted by atomic mass is 10.2. The van der Waals surface area contributed by atoms with Crippen LogP contribution in [0.25, 0.3) is 6.08 Å². The lowest BCUT2D eigenvalue weighted by molar-refractivity contribution is -0.111. The molecule has 1 N–H and O–H groups in total. The van der Waals surface area contributed by atoms with E-state index in [2.05, 4.69) is 21.2 Å². The summed E-state index contributed by atoms with van der Waals surface area (Å²) < 4.78 is 6.81. The van der Waals surface area contributed by atoms with E-state index in [1.807, 2.05) is 54.6 Å². The Kier molecular flexibility index (Phi) is 6.61. The number of carbonyl (C=O) groups is 1. The molecule has 4 nitrogen and oxygen atoms in total. The van der Waals surface area contributed by atoms with Crippen LogP contribution in [0.5, 0.6) is 5.75 Å². The van der Waals surface area contributed by atoms with E-state index in [1.54, 1.807) is 30.3 Å². The first kappa shape index (κ1) is 19.4. The van der Waals surface area contributed by atoms with E-state index < -0.39 is 0 Å². The summed E-state index contributed by atoms with van der Waals surface area (Å²) in [5.41, 5.74) is 3.18. The number of halogens is 1. The smallest absolute Gasteiger partial charge is 0.248 e. The number of hydrogen-bond donors (Lipinski definition) is 1. The largest absolute Gasteiger partial charge is 0.489 e. The van der Waals surface area contributed by atoms with E-state index >= 15 is 0 Å². The summed E-state index contributed by atoms with van der Waals surface area (Å²) in [6, 6.07) is 24.3. The molecule has 0 unspecified atom stereocenters. The standard InChI is InChI=1S/C23H17BrN2O2/c24-20-8-1-19(2-9-20)16-28-22-12-5-17(6-13-22)7-14-23(27)26-21-10-3-18(15-25)4-11-21/h1-14H,16H2,(H,26,27)/b14-7+. The van der Waals surface area contributed by atoms with Crippen molar-refractivity contribution in [2.24, 2.45) is 0 Å². The molecule has 0 heterocycles. The molecule has 0 aliphatic rings. The fraction of sp³-hybridized carbons (Fsp3) is 0.0435. The van der Waals surface area contributed by atoms with Crippen molar-refractivity contribution >= 4 is 33.6 Å². The van der Waals surface area contributed by atoms with Gasteiger partial charge in [-0.1, -0.05) is 40.2 Å². The van der Waals surface area contributed by atoms with Crippen LogP contribution in [0.3, 0.4) is 0 Å². The van der Waals surface area contributed by atoms with Crippen molar-refractivity contribution in [3.8, 4) is 11.8 Å². The van der Waals surface area contributed by atoms with Gasteiger partial charge in [-0.25, -0.2) is 0 Å². The molecule has 0 radical (unpaired) electrons. The van der Waals surface area contributed by atoms with Gasteiger partial charge >= 0.3 is 0 Å². The lowest BCUT2D eigenvalue weighted by Crippen LogP contribution is -2.07. The average molecular weight is 433 g/mol. The molecule has 5 heteroatoms. The number of benzene rings is 3. The molecule has 0 bridgehead atoms. The van der Waals surface area contributed by atoms with Gasteiger partial charge in [-0.3, -0.25) is 4.79 Å². The van der Waals surface area contributed by atoms with Crippen molar-refractivity contribution in [2.45, 2.75) is 6.61 Å². The molecule has 0 aliphatic carbocycles. The van der Waals surface area contributed by atoms with Crippen molar-refractivity contribution in [1.29, 1.82) is 5.26 Å². The maximum Gasteiger partial charge on any atom is 0.248 e. The number of nitriles is 1. The summed E-state index contributed by atoms with van der Waals surface area (Å²) in [6.45, 7) is 0.495. The first-order valence-corrected chi connectivity index (χ1v) is 9.38. The van der Waals surface area contributed by atoms with Gasteiger partial charge in [0, 0.05) is 16.2 Å². The average Bonchev–Trinajstić information content (AvgIpc) is 2.73. The zero-order valence-corrected chi connectivity index (χ0v) is 16.5. The van der Waals surface area contributed by atoms with E-state index in [-0.39, 0.29) is 5.91 Å². The Morgan fingerprint density at radius 2 is 1.68 bits per heavy atom. The molecule has 0 spiro atoms.